The molecular formula is C19H30N2. The van der Waals surface area contributed by atoms with Crippen LogP contribution in [0.2, 0.25) is 0 Å². The van der Waals surface area contributed by atoms with Crippen molar-refractivity contribution in [3.05, 3.63) is 35.4 Å². The molecule has 1 heterocycles. The topological polar surface area (TPSA) is 15.3 Å². The molecule has 0 spiro atoms. The maximum absolute atomic E-state index is 3.62. The Balaban J connectivity index is 1.60. The van der Waals surface area contributed by atoms with Gasteiger partial charge >= 0.3 is 0 Å². The first kappa shape index (κ1) is 15.1. The summed E-state index contributed by atoms with van der Waals surface area (Å²) >= 11 is 0. The van der Waals surface area contributed by atoms with Crippen LogP contribution in [0.4, 0.5) is 0 Å². The third kappa shape index (κ3) is 4.55. The van der Waals surface area contributed by atoms with E-state index in [-0.39, 0.29) is 0 Å². The third-order valence-corrected chi connectivity index (χ3v) is 5.02. The molecule has 1 aromatic carbocycles. The Morgan fingerprint density at radius 2 is 1.95 bits per heavy atom. The van der Waals surface area contributed by atoms with Gasteiger partial charge in [-0.2, -0.15) is 0 Å². The van der Waals surface area contributed by atoms with E-state index in [1.165, 1.54) is 62.6 Å². The molecule has 21 heavy (non-hydrogen) atoms. The van der Waals surface area contributed by atoms with E-state index in [9.17, 15) is 0 Å². The highest BCUT2D eigenvalue weighted by Gasteiger charge is 2.21. The molecule has 2 heteroatoms. The summed E-state index contributed by atoms with van der Waals surface area (Å²) in [6.07, 6.45) is 9.62. The minimum atomic E-state index is 0.792. The van der Waals surface area contributed by atoms with Gasteiger partial charge in [0.05, 0.1) is 0 Å². The Morgan fingerprint density at radius 3 is 2.76 bits per heavy atom. The van der Waals surface area contributed by atoms with Crippen molar-refractivity contribution in [2.24, 2.45) is 0 Å². The van der Waals surface area contributed by atoms with Gasteiger partial charge in [0.1, 0.15) is 0 Å². The van der Waals surface area contributed by atoms with Crippen molar-refractivity contribution in [2.75, 3.05) is 6.54 Å². The molecule has 1 N–H and O–H groups in total. The van der Waals surface area contributed by atoms with Crippen LogP contribution in [0, 0.1) is 0 Å². The van der Waals surface area contributed by atoms with Gasteiger partial charge in [0, 0.05) is 25.2 Å². The minimum absolute atomic E-state index is 0.792. The van der Waals surface area contributed by atoms with E-state index in [0.717, 1.165) is 25.2 Å². The Kier molecular flexibility index (Phi) is 5.32. The zero-order valence-electron chi connectivity index (χ0n) is 13.5. The minimum Gasteiger partial charge on any atom is -0.310 e. The second-order valence-corrected chi connectivity index (χ2v) is 6.86. The van der Waals surface area contributed by atoms with Crippen molar-refractivity contribution in [3.8, 4) is 0 Å². The summed E-state index contributed by atoms with van der Waals surface area (Å²) in [7, 11) is 0. The predicted octanol–water partition coefficient (Wildman–Crippen LogP) is 4.09. The summed E-state index contributed by atoms with van der Waals surface area (Å²) in [4.78, 5) is 2.72. The van der Waals surface area contributed by atoms with Gasteiger partial charge in [-0.25, -0.2) is 0 Å². The van der Waals surface area contributed by atoms with Gasteiger partial charge in [-0.3, -0.25) is 4.90 Å². The van der Waals surface area contributed by atoms with Crippen molar-refractivity contribution in [1.29, 1.82) is 0 Å². The van der Waals surface area contributed by atoms with Gasteiger partial charge in [-0.05, 0) is 49.8 Å². The molecule has 0 amide bonds. The van der Waals surface area contributed by atoms with Crippen molar-refractivity contribution < 1.29 is 0 Å². The Morgan fingerprint density at radius 1 is 1.10 bits per heavy atom. The number of benzene rings is 1. The number of hydrogen-bond donors (Lipinski definition) is 1. The molecule has 1 atom stereocenters. The average Bonchev–Trinajstić information content (AvgIpc) is 3.33. The van der Waals surface area contributed by atoms with Crippen LogP contribution < -0.4 is 5.32 Å². The molecule has 116 valence electrons. The smallest absolute Gasteiger partial charge is 0.0236 e. The zero-order valence-corrected chi connectivity index (χ0v) is 13.5. The van der Waals surface area contributed by atoms with E-state index < -0.39 is 0 Å². The second-order valence-electron chi connectivity index (χ2n) is 6.86. The van der Waals surface area contributed by atoms with Gasteiger partial charge in [-0.15, -0.1) is 0 Å². The lowest BCUT2D eigenvalue weighted by atomic mass is 10.1. The van der Waals surface area contributed by atoms with Crippen LogP contribution in [0.15, 0.2) is 24.3 Å². The van der Waals surface area contributed by atoms with Gasteiger partial charge < -0.3 is 5.32 Å². The van der Waals surface area contributed by atoms with Crippen molar-refractivity contribution in [1.82, 2.24) is 10.2 Å². The quantitative estimate of drug-likeness (QED) is 0.847. The first-order valence-corrected chi connectivity index (χ1v) is 8.90. The van der Waals surface area contributed by atoms with Crippen LogP contribution in [0.25, 0.3) is 0 Å². The lowest BCUT2D eigenvalue weighted by molar-refractivity contribution is 0.186. The highest BCUT2D eigenvalue weighted by Crippen LogP contribution is 2.22. The number of hydrogen-bond acceptors (Lipinski definition) is 2. The summed E-state index contributed by atoms with van der Waals surface area (Å²) in [5, 5.41) is 3.62. The van der Waals surface area contributed by atoms with Crippen LogP contribution in [0.3, 0.4) is 0 Å². The zero-order chi connectivity index (χ0) is 14.5. The number of nitrogens with one attached hydrogen (secondary N) is 1. The highest BCUT2D eigenvalue weighted by molar-refractivity contribution is 5.23. The van der Waals surface area contributed by atoms with Crippen molar-refractivity contribution in [3.63, 3.8) is 0 Å². The molecule has 1 saturated heterocycles. The largest absolute Gasteiger partial charge is 0.310 e. The van der Waals surface area contributed by atoms with Gasteiger partial charge in [-0.1, -0.05) is 44.0 Å². The van der Waals surface area contributed by atoms with Crippen LogP contribution in [0.1, 0.15) is 63.0 Å². The summed E-state index contributed by atoms with van der Waals surface area (Å²) in [5.74, 6) is 0. The molecule has 2 aliphatic rings. The van der Waals surface area contributed by atoms with Gasteiger partial charge in [0.15, 0.2) is 0 Å². The summed E-state index contributed by atoms with van der Waals surface area (Å²) in [6.45, 7) is 5.80. The predicted molar refractivity (Wildman–Crippen MR) is 89.3 cm³/mol. The van der Waals surface area contributed by atoms with Gasteiger partial charge in [0.25, 0.3) is 0 Å². The van der Waals surface area contributed by atoms with E-state index in [0.29, 0.717) is 0 Å². The third-order valence-electron chi connectivity index (χ3n) is 5.02. The lowest BCUT2D eigenvalue weighted by Gasteiger charge is -2.29. The highest BCUT2D eigenvalue weighted by atomic mass is 15.2. The van der Waals surface area contributed by atoms with Crippen LogP contribution >= 0.6 is 0 Å². The van der Waals surface area contributed by atoms with E-state index >= 15 is 0 Å². The molecule has 1 saturated carbocycles. The SMILES string of the molecule is CCC1CCCCCN1Cc1cccc(CNC2CC2)c1. The van der Waals surface area contributed by atoms with Crippen LogP contribution in [-0.2, 0) is 13.1 Å². The van der Waals surface area contributed by atoms with Gasteiger partial charge in [0.2, 0.25) is 0 Å². The first-order chi connectivity index (χ1) is 10.3. The fourth-order valence-electron chi connectivity index (χ4n) is 3.53. The molecular weight excluding hydrogens is 256 g/mol. The molecule has 1 aromatic rings. The second kappa shape index (κ2) is 7.42. The standard InChI is InChI=1S/C19H30N2/c1-2-19-9-4-3-5-12-21(19)15-17-8-6-7-16(13-17)14-20-18-10-11-18/h6-8,13,18-20H,2-5,9-12,14-15H2,1H3. The molecule has 0 aromatic heterocycles. The maximum Gasteiger partial charge on any atom is 0.0236 e. The summed E-state index contributed by atoms with van der Waals surface area (Å²) in [6, 6.07) is 10.8. The molecule has 0 radical (unpaired) electrons. The molecule has 2 fully saturated rings. The Bertz CT molecular complexity index is 439. The Labute approximate surface area is 129 Å². The molecule has 1 aliphatic heterocycles. The van der Waals surface area contributed by atoms with E-state index in [4.69, 9.17) is 0 Å². The average molecular weight is 286 g/mol. The Hall–Kier alpha value is -0.860. The van der Waals surface area contributed by atoms with Crippen LogP contribution in [-0.4, -0.2) is 23.5 Å². The maximum atomic E-state index is 3.62. The van der Waals surface area contributed by atoms with Crippen molar-refractivity contribution in [2.45, 2.75) is 77.0 Å². The van der Waals surface area contributed by atoms with E-state index in [1.54, 1.807) is 0 Å². The fraction of sp³-hybridized carbons (Fsp3) is 0.684. The molecule has 2 nitrogen and oxygen atoms in total. The number of nitrogens with zero attached hydrogens (tertiary/aromatic N) is 1. The summed E-state index contributed by atoms with van der Waals surface area (Å²) in [5.41, 5.74) is 2.94. The fourth-order valence-corrected chi connectivity index (χ4v) is 3.53. The van der Waals surface area contributed by atoms with Crippen LogP contribution in [0.5, 0.6) is 0 Å². The molecule has 1 unspecified atom stereocenters. The van der Waals surface area contributed by atoms with Crippen molar-refractivity contribution >= 4 is 0 Å². The monoisotopic (exact) mass is 286 g/mol. The number of likely N-dealkylation sites (tertiary alicyclic amines) is 1. The van der Waals surface area contributed by atoms with E-state index in [1.807, 2.05) is 0 Å². The first-order valence-electron chi connectivity index (χ1n) is 8.90. The number of rotatable bonds is 6. The molecule has 0 bridgehead atoms. The normalized spacial score (nSPS) is 24.0. The van der Waals surface area contributed by atoms with E-state index in [2.05, 4.69) is 41.4 Å². The lowest BCUT2D eigenvalue weighted by Crippen LogP contribution is -2.33. The molecule has 1 aliphatic carbocycles. The summed E-state index contributed by atoms with van der Waals surface area (Å²) < 4.78 is 0. The molecule has 3 rings (SSSR count).